The monoisotopic (exact) mass is 372 g/mol. The van der Waals surface area contributed by atoms with Crippen molar-refractivity contribution in [1.82, 2.24) is 30.0 Å². The molecule has 0 unspecified atom stereocenters. The molecule has 1 aliphatic rings. The molecule has 1 saturated heterocycles. The zero-order valence-corrected chi connectivity index (χ0v) is 15.9. The van der Waals surface area contributed by atoms with Crippen LogP contribution < -0.4 is 0 Å². The Balaban J connectivity index is 1.45. The van der Waals surface area contributed by atoms with Crippen LogP contribution in [0.15, 0.2) is 42.1 Å². The van der Waals surface area contributed by atoms with Crippen molar-refractivity contribution in [2.75, 3.05) is 31.9 Å². The number of aryl methyl sites for hydroxylation is 1. The van der Waals surface area contributed by atoms with E-state index < -0.39 is 0 Å². The summed E-state index contributed by atoms with van der Waals surface area (Å²) in [4.78, 5) is 16.8. The average Bonchev–Trinajstić information content (AvgIpc) is 3.10. The summed E-state index contributed by atoms with van der Waals surface area (Å²) in [6.45, 7) is 10.7. The smallest absolute Gasteiger partial charge is 0.233 e. The van der Waals surface area contributed by atoms with Crippen molar-refractivity contribution in [1.29, 1.82) is 0 Å². The maximum absolute atomic E-state index is 12.5. The third-order valence-electron chi connectivity index (χ3n) is 4.51. The fraction of sp³-hybridized carbons (Fsp3) is 0.444. The molecular formula is C18H24N6OS. The molecule has 0 aliphatic carbocycles. The van der Waals surface area contributed by atoms with Crippen molar-refractivity contribution in [2.24, 2.45) is 0 Å². The summed E-state index contributed by atoms with van der Waals surface area (Å²) < 4.78 is 1.64. The van der Waals surface area contributed by atoms with Gasteiger partial charge in [-0.3, -0.25) is 9.69 Å². The van der Waals surface area contributed by atoms with Gasteiger partial charge in [-0.2, -0.15) is 0 Å². The molecular weight excluding hydrogens is 348 g/mol. The van der Waals surface area contributed by atoms with Crippen LogP contribution in [0.4, 0.5) is 0 Å². The topological polar surface area (TPSA) is 67.2 Å². The number of rotatable bonds is 7. The summed E-state index contributed by atoms with van der Waals surface area (Å²) in [5.41, 5.74) is 2.68. The summed E-state index contributed by atoms with van der Waals surface area (Å²) in [7, 11) is 0. The van der Waals surface area contributed by atoms with E-state index >= 15 is 0 Å². The molecule has 1 aromatic carbocycles. The molecule has 2 heterocycles. The van der Waals surface area contributed by atoms with Gasteiger partial charge in [0.25, 0.3) is 0 Å². The van der Waals surface area contributed by atoms with Gasteiger partial charge < -0.3 is 4.90 Å². The van der Waals surface area contributed by atoms with Gasteiger partial charge >= 0.3 is 0 Å². The Kier molecular flexibility index (Phi) is 6.40. The second-order valence-corrected chi connectivity index (χ2v) is 7.25. The molecule has 1 aliphatic heterocycles. The molecule has 0 N–H and O–H groups in total. The lowest BCUT2D eigenvalue weighted by Gasteiger charge is -2.35. The van der Waals surface area contributed by atoms with E-state index in [1.54, 1.807) is 10.8 Å². The van der Waals surface area contributed by atoms with Crippen molar-refractivity contribution in [3.63, 3.8) is 0 Å². The van der Waals surface area contributed by atoms with E-state index in [1.807, 2.05) is 4.90 Å². The summed E-state index contributed by atoms with van der Waals surface area (Å²) in [5, 5.41) is 12.1. The highest BCUT2D eigenvalue weighted by molar-refractivity contribution is 7.99. The van der Waals surface area contributed by atoms with Crippen molar-refractivity contribution in [3.8, 4) is 0 Å². The van der Waals surface area contributed by atoms with Crippen molar-refractivity contribution in [2.45, 2.75) is 25.2 Å². The van der Waals surface area contributed by atoms with Gasteiger partial charge in [0.05, 0.1) is 12.3 Å². The largest absolute Gasteiger partial charge is 0.339 e. The first-order valence-corrected chi connectivity index (χ1v) is 9.70. The number of allylic oxidation sites excluding steroid dienone is 1. The molecule has 2 aromatic rings. The van der Waals surface area contributed by atoms with Gasteiger partial charge in [-0.1, -0.05) is 42.1 Å². The highest BCUT2D eigenvalue weighted by Crippen LogP contribution is 2.16. The standard InChI is InChI=1S/C18H24N6OS/c1-3-8-24-18(19-20-21-24)26-14-17(25)23-11-9-22(10-12-23)13-16-7-5-4-6-15(16)2/h3-7H,1,8-14H2,2H3. The van der Waals surface area contributed by atoms with Crippen molar-refractivity contribution < 1.29 is 4.79 Å². The number of nitrogens with zero attached hydrogens (tertiary/aromatic N) is 6. The SMILES string of the molecule is C=CCn1nnnc1SCC(=O)N1CCN(Cc2ccccc2C)CC1. The average molecular weight is 372 g/mol. The highest BCUT2D eigenvalue weighted by atomic mass is 32.2. The van der Waals surface area contributed by atoms with Gasteiger partial charge in [0.1, 0.15) is 0 Å². The molecule has 0 saturated carbocycles. The molecule has 0 bridgehead atoms. The van der Waals surface area contributed by atoms with Crippen LogP contribution in [0.3, 0.4) is 0 Å². The van der Waals surface area contributed by atoms with Gasteiger partial charge in [0.15, 0.2) is 0 Å². The third-order valence-corrected chi connectivity index (χ3v) is 5.45. The van der Waals surface area contributed by atoms with Gasteiger partial charge in [-0.25, -0.2) is 4.68 Å². The minimum absolute atomic E-state index is 0.138. The van der Waals surface area contributed by atoms with Gasteiger partial charge in [-0.15, -0.1) is 11.7 Å². The molecule has 1 aromatic heterocycles. The molecule has 26 heavy (non-hydrogen) atoms. The fourth-order valence-corrected chi connectivity index (χ4v) is 3.73. The first-order valence-electron chi connectivity index (χ1n) is 8.72. The van der Waals surface area contributed by atoms with Crippen LogP contribution in [-0.4, -0.2) is 67.8 Å². The first-order chi connectivity index (χ1) is 12.7. The van der Waals surface area contributed by atoms with E-state index in [9.17, 15) is 4.79 Å². The second-order valence-electron chi connectivity index (χ2n) is 6.30. The highest BCUT2D eigenvalue weighted by Gasteiger charge is 2.22. The van der Waals surface area contributed by atoms with E-state index in [-0.39, 0.29) is 5.91 Å². The number of piperazine rings is 1. The molecule has 8 heteroatoms. The summed E-state index contributed by atoms with van der Waals surface area (Å²) >= 11 is 1.38. The number of carbonyl (C=O) groups excluding carboxylic acids is 1. The Hall–Kier alpha value is -2.19. The Bertz CT molecular complexity index is 754. The van der Waals surface area contributed by atoms with Crippen LogP contribution in [0.2, 0.25) is 0 Å². The molecule has 138 valence electrons. The minimum Gasteiger partial charge on any atom is -0.339 e. The number of thioether (sulfide) groups is 1. The van der Waals surface area contributed by atoms with E-state index in [1.165, 1.54) is 22.9 Å². The van der Waals surface area contributed by atoms with Crippen LogP contribution in [0.1, 0.15) is 11.1 Å². The minimum atomic E-state index is 0.138. The lowest BCUT2D eigenvalue weighted by Crippen LogP contribution is -2.48. The normalized spacial score (nSPS) is 15.2. The van der Waals surface area contributed by atoms with E-state index in [2.05, 4.69) is 58.2 Å². The number of amides is 1. The molecule has 7 nitrogen and oxygen atoms in total. The van der Waals surface area contributed by atoms with E-state index in [0.29, 0.717) is 17.5 Å². The molecule has 0 radical (unpaired) electrons. The number of benzene rings is 1. The van der Waals surface area contributed by atoms with Gasteiger partial charge in [-0.05, 0) is 28.5 Å². The summed E-state index contributed by atoms with van der Waals surface area (Å²) in [6, 6.07) is 8.47. The Labute approximate surface area is 158 Å². The Morgan fingerprint density at radius 2 is 2.04 bits per heavy atom. The maximum Gasteiger partial charge on any atom is 0.233 e. The van der Waals surface area contributed by atoms with Gasteiger partial charge in [0.2, 0.25) is 11.1 Å². The Morgan fingerprint density at radius 1 is 1.27 bits per heavy atom. The van der Waals surface area contributed by atoms with E-state index in [4.69, 9.17) is 0 Å². The molecule has 1 amide bonds. The third kappa shape index (κ3) is 4.70. The van der Waals surface area contributed by atoms with Crippen LogP contribution in [0.5, 0.6) is 0 Å². The van der Waals surface area contributed by atoms with E-state index in [0.717, 1.165) is 32.7 Å². The molecule has 3 rings (SSSR count). The molecule has 0 atom stereocenters. The number of aromatic nitrogens is 4. The summed E-state index contributed by atoms with van der Waals surface area (Å²) in [5.74, 6) is 0.494. The van der Waals surface area contributed by atoms with Gasteiger partial charge in [0, 0.05) is 32.7 Å². The number of hydrogen-bond donors (Lipinski definition) is 0. The molecule has 0 spiro atoms. The predicted molar refractivity (Wildman–Crippen MR) is 102 cm³/mol. The number of tetrazole rings is 1. The fourth-order valence-electron chi connectivity index (χ4n) is 2.94. The zero-order valence-electron chi connectivity index (χ0n) is 15.0. The number of hydrogen-bond acceptors (Lipinski definition) is 6. The quantitative estimate of drug-likeness (QED) is 0.543. The lowest BCUT2D eigenvalue weighted by molar-refractivity contribution is -0.130. The first kappa shape index (κ1) is 18.6. The van der Waals surface area contributed by atoms with Crippen molar-refractivity contribution in [3.05, 3.63) is 48.0 Å². The van der Waals surface area contributed by atoms with Crippen molar-refractivity contribution >= 4 is 17.7 Å². The Morgan fingerprint density at radius 3 is 2.77 bits per heavy atom. The summed E-state index contributed by atoms with van der Waals surface area (Å²) in [6.07, 6.45) is 1.73. The van der Waals surface area contributed by atoms with Crippen LogP contribution in [0.25, 0.3) is 0 Å². The lowest BCUT2D eigenvalue weighted by atomic mass is 10.1. The number of carbonyl (C=O) groups is 1. The zero-order chi connectivity index (χ0) is 18.4. The maximum atomic E-state index is 12.5. The van der Waals surface area contributed by atoms with Crippen LogP contribution >= 0.6 is 11.8 Å². The van der Waals surface area contributed by atoms with Crippen LogP contribution in [0, 0.1) is 6.92 Å². The molecule has 1 fully saturated rings. The second kappa shape index (κ2) is 8.95. The predicted octanol–water partition coefficient (Wildman–Crippen LogP) is 1.60. The van der Waals surface area contributed by atoms with Crippen LogP contribution in [-0.2, 0) is 17.9 Å².